The predicted octanol–water partition coefficient (Wildman–Crippen LogP) is 4.15. The number of carbonyl (C=O) groups is 1. The fourth-order valence-corrected chi connectivity index (χ4v) is 4.64. The van der Waals surface area contributed by atoms with Gasteiger partial charge in [-0.2, -0.15) is 0 Å². The lowest BCUT2D eigenvalue weighted by Crippen LogP contribution is -2.49. The molecule has 1 saturated heterocycles. The molecule has 1 heterocycles. The van der Waals surface area contributed by atoms with Crippen molar-refractivity contribution in [3.05, 3.63) is 89.7 Å². The summed E-state index contributed by atoms with van der Waals surface area (Å²) in [6, 6.07) is 23.5. The highest BCUT2D eigenvalue weighted by Gasteiger charge is 2.34. The number of carbonyl (C=O) groups excluding carboxylic acids is 1. The Morgan fingerprint density at radius 3 is 2.00 bits per heavy atom. The van der Waals surface area contributed by atoms with Crippen molar-refractivity contribution in [3.8, 4) is 11.1 Å². The third-order valence-electron chi connectivity index (χ3n) is 6.07. The van der Waals surface area contributed by atoms with Crippen LogP contribution in [0.3, 0.4) is 0 Å². The molecule has 3 aromatic carbocycles. The Hall–Kier alpha value is -3.02. The van der Waals surface area contributed by atoms with Crippen molar-refractivity contribution in [1.82, 2.24) is 9.80 Å². The molecule has 1 amide bonds. The summed E-state index contributed by atoms with van der Waals surface area (Å²) >= 11 is 0. The van der Waals surface area contributed by atoms with Gasteiger partial charge in [0.1, 0.15) is 5.82 Å². The Balaban J connectivity index is 1.23. The molecule has 0 spiro atoms. The summed E-state index contributed by atoms with van der Waals surface area (Å²) in [7, 11) is 0. The molecule has 3 aromatic rings. The minimum Gasteiger partial charge on any atom is -0.325 e. The van der Waals surface area contributed by atoms with Crippen LogP contribution in [0.25, 0.3) is 11.1 Å². The zero-order valence-electron chi connectivity index (χ0n) is 16.7. The lowest BCUT2D eigenvalue weighted by Gasteiger charge is -2.38. The first kappa shape index (κ1) is 19.0. The lowest BCUT2D eigenvalue weighted by molar-refractivity contribution is -0.117. The maximum absolute atomic E-state index is 13.0. The van der Waals surface area contributed by atoms with Crippen LogP contribution >= 0.6 is 0 Å². The number of hydrogen-bond donors (Lipinski definition) is 1. The van der Waals surface area contributed by atoms with E-state index in [-0.39, 0.29) is 17.8 Å². The summed E-state index contributed by atoms with van der Waals surface area (Å²) in [5, 5.41) is 2.85. The predicted molar refractivity (Wildman–Crippen MR) is 117 cm³/mol. The van der Waals surface area contributed by atoms with Gasteiger partial charge in [-0.1, -0.05) is 48.5 Å². The molecule has 30 heavy (non-hydrogen) atoms. The monoisotopic (exact) mass is 401 g/mol. The van der Waals surface area contributed by atoms with Crippen molar-refractivity contribution < 1.29 is 9.18 Å². The molecule has 1 aliphatic carbocycles. The largest absolute Gasteiger partial charge is 0.325 e. The molecule has 152 valence electrons. The fourth-order valence-electron chi connectivity index (χ4n) is 4.64. The van der Waals surface area contributed by atoms with Gasteiger partial charge in [0.2, 0.25) is 5.91 Å². The molecule has 5 rings (SSSR count). The summed E-state index contributed by atoms with van der Waals surface area (Å²) in [5.74, 6) is -0.370. The molecule has 1 fully saturated rings. The van der Waals surface area contributed by atoms with Crippen LogP contribution in [-0.2, 0) is 4.79 Å². The molecule has 0 saturated carbocycles. The van der Waals surface area contributed by atoms with E-state index >= 15 is 0 Å². The number of nitrogens with zero attached hydrogens (tertiary/aromatic N) is 2. The van der Waals surface area contributed by atoms with Crippen molar-refractivity contribution in [3.63, 3.8) is 0 Å². The van der Waals surface area contributed by atoms with Crippen molar-refractivity contribution in [2.75, 3.05) is 38.0 Å². The highest BCUT2D eigenvalue weighted by Crippen LogP contribution is 2.46. The van der Waals surface area contributed by atoms with E-state index in [0.29, 0.717) is 12.2 Å². The summed E-state index contributed by atoms with van der Waals surface area (Å²) in [5.41, 5.74) is 6.04. The molecule has 0 aromatic heterocycles. The first-order valence-corrected chi connectivity index (χ1v) is 10.4. The second-order valence-electron chi connectivity index (χ2n) is 7.94. The number of halogens is 1. The Bertz CT molecular complexity index is 1010. The molecule has 0 bridgehead atoms. The van der Waals surface area contributed by atoms with Crippen LogP contribution in [0.2, 0.25) is 0 Å². The molecule has 5 heteroatoms. The van der Waals surface area contributed by atoms with E-state index < -0.39 is 0 Å². The number of rotatable bonds is 4. The highest BCUT2D eigenvalue weighted by atomic mass is 19.1. The molecule has 0 radical (unpaired) electrons. The molecule has 4 nitrogen and oxygen atoms in total. The van der Waals surface area contributed by atoms with Crippen LogP contribution < -0.4 is 5.32 Å². The van der Waals surface area contributed by atoms with Crippen molar-refractivity contribution in [2.45, 2.75) is 6.04 Å². The summed E-state index contributed by atoms with van der Waals surface area (Å²) < 4.78 is 13.0. The topological polar surface area (TPSA) is 35.6 Å². The number of piperazine rings is 1. The molecule has 1 aliphatic heterocycles. The normalized spacial score (nSPS) is 16.8. The Morgan fingerprint density at radius 1 is 0.833 bits per heavy atom. The number of hydrogen-bond acceptors (Lipinski definition) is 3. The number of amides is 1. The smallest absolute Gasteiger partial charge is 0.238 e. The zero-order valence-corrected chi connectivity index (χ0v) is 16.7. The summed E-state index contributed by atoms with van der Waals surface area (Å²) in [4.78, 5) is 17.1. The van der Waals surface area contributed by atoms with E-state index in [1.165, 1.54) is 34.4 Å². The Kier molecular flexibility index (Phi) is 5.07. The SMILES string of the molecule is O=C(CN1CCN(C2c3ccccc3-c3ccccc32)CC1)Nc1ccc(F)cc1. The summed E-state index contributed by atoms with van der Waals surface area (Å²) in [6.07, 6.45) is 0. The van der Waals surface area contributed by atoms with Gasteiger partial charge in [-0.25, -0.2) is 4.39 Å². The minimum absolute atomic E-state index is 0.0633. The summed E-state index contributed by atoms with van der Waals surface area (Å²) in [6.45, 7) is 3.87. The van der Waals surface area contributed by atoms with Crippen LogP contribution in [0.1, 0.15) is 17.2 Å². The van der Waals surface area contributed by atoms with Gasteiger partial charge < -0.3 is 5.32 Å². The lowest BCUT2D eigenvalue weighted by atomic mass is 10.0. The average molecular weight is 401 g/mol. The van der Waals surface area contributed by atoms with E-state index in [9.17, 15) is 9.18 Å². The molecule has 2 aliphatic rings. The zero-order chi connectivity index (χ0) is 20.5. The molecular formula is C25H24FN3O. The number of fused-ring (bicyclic) bond motifs is 3. The molecule has 0 atom stereocenters. The van der Waals surface area contributed by atoms with Crippen molar-refractivity contribution in [1.29, 1.82) is 0 Å². The van der Waals surface area contributed by atoms with E-state index in [0.717, 1.165) is 26.2 Å². The van der Waals surface area contributed by atoms with Gasteiger partial charge in [-0.15, -0.1) is 0 Å². The fraction of sp³-hybridized carbons (Fsp3) is 0.240. The van der Waals surface area contributed by atoms with Gasteiger partial charge in [0.25, 0.3) is 0 Å². The van der Waals surface area contributed by atoms with Gasteiger partial charge in [0, 0.05) is 31.9 Å². The average Bonchev–Trinajstić information content (AvgIpc) is 3.11. The van der Waals surface area contributed by atoms with E-state index in [1.54, 1.807) is 12.1 Å². The van der Waals surface area contributed by atoms with Gasteiger partial charge in [0.15, 0.2) is 0 Å². The molecular weight excluding hydrogens is 377 g/mol. The van der Waals surface area contributed by atoms with Crippen LogP contribution in [0, 0.1) is 5.82 Å². The maximum atomic E-state index is 13.0. The van der Waals surface area contributed by atoms with Gasteiger partial charge >= 0.3 is 0 Å². The second-order valence-corrected chi connectivity index (χ2v) is 7.94. The van der Waals surface area contributed by atoms with Crippen LogP contribution in [-0.4, -0.2) is 48.4 Å². The van der Waals surface area contributed by atoms with Gasteiger partial charge in [0.05, 0.1) is 12.6 Å². The third kappa shape index (κ3) is 3.62. The molecule has 1 N–H and O–H groups in total. The van der Waals surface area contributed by atoms with Crippen molar-refractivity contribution in [2.24, 2.45) is 0 Å². The number of benzene rings is 3. The maximum Gasteiger partial charge on any atom is 0.238 e. The second kappa shape index (κ2) is 8.01. The van der Waals surface area contributed by atoms with Crippen LogP contribution in [0.15, 0.2) is 72.8 Å². The van der Waals surface area contributed by atoms with E-state index in [1.807, 2.05) is 0 Å². The first-order chi connectivity index (χ1) is 14.7. The van der Waals surface area contributed by atoms with Gasteiger partial charge in [-0.3, -0.25) is 14.6 Å². The standard InChI is InChI=1S/C25H24FN3O/c26-18-9-11-19(12-10-18)27-24(30)17-28-13-15-29(16-14-28)25-22-7-3-1-5-20(22)21-6-2-4-8-23(21)25/h1-12,25H,13-17H2,(H,27,30). The number of anilines is 1. The van der Waals surface area contributed by atoms with E-state index in [4.69, 9.17) is 0 Å². The first-order valence-electron chi connectivity index (χ1n) is 10.4. The third-order valence-corrected chi connectivity index (χ3v) is 6.07. The minimum atomic E-state index is -0.306. The quantitative estimate of drug-likeness (QED) is 0.713. The molecule has 0 unspecified atom stereocenters. The Labute approximate surface area is 175 Å². The number of nitrogens with one attached hydrogen (secondary N) is 1. The Morgan fingerprint density at radius 2 is 1.40 bits per heavy atom. The highest BCUT2D eigenvalue weighted by molar-refractivity contribution is 5.92. The van der Waals surface area contributed by atoms with Crippen LogP contribution in [0.4, 0.5) is 10.1 Å². The van der Waals surface area contributed by atoms with Gasteiger partial charge in [-0.05, 0) is 46.5 Å². The van der Waals surface area contributed by atoms with Crippen molar-refractivity contribution >= 4 is 11.6 Å². The van der Waals surface area contributed by atoms with E-state index in [2.05, 4.69) is 63.6 Å². The van der Waals surface area contributed by atoms with Crippen LogP contribution in [0.5, 0.6) is 0 Å².